The summed E-state index contributed by atoms with van der Waals surface area (Å²) < 4.78 is 0. The predicted molar refractivity (Wildman–Crippen MR) is 84.6 cm³/mol. The number of hydrogen-bond acceptors (Lipinski definition) is 2. The first-order valence-corrected chi connectivity index (χ1v) is 7.58. The van der Waals surface area contributed by atoms with E-state index < -0.39 is 0 Å². The number of amides is 1. The minimum absolute atomic E-state index is 0.0255. The van der Waals surface area contributed by atoms with Crippen LogP contribution in [0.5, 0.6) is 0 Å². The van der Waals surface area contributed by atoms with Gasteiger partial charge >= 0.3 is 0 Å². The van der Waals surface area contributed by atoms with Crippen LogP contribution in [-0.2, 0) is 4.79 Å². The van der Waals surface area contributed by atoms with Crippen LogP contribution in [0.2, 0.25) is 0 Å². The zero-order chi connectivity index (χ0) is 15.1. The monoisotopic (exact) mass is 276 g/mol. The van der Waals surface area contributed by atoms with Crippen molar-refractivity contribution in [3.63, 3.8) is 0 Å². The Morgan fingerprint density at radius 3 is 2.20 bits per heavy atom. The third-order valence-corrected chi connectivity index (χ3v) is 3.59. The molecule has 2 atom stereocenters. The van der Waals surface area contributed by atoms with Gasteiger partial charge in [0, 0.05) is 12.5 Å². The smallest absolute Gasteiger partial charge is 0.222 e. The van der Waals surface area contributed by atoms with Crippen LogP contribution in [0.3, 0.4) is 0 Å². The fourth-order valence-corrected chi connectivity index (χ4v) is 2.26. The van der Waals surface area contributed by atoms with Crippen LogP contribution in [-0.4, -0.2) is 11.9 Å². The van der Waals surface area contributed by atoms with E-state index in [1.165, 1.54) is 5.56 Å². The van der Waals surface area contributed by atoms with Crippen molar-refractivity contribution in [3.05, 3.63) is 35.4 Å². The zero-order valence-corrected chi connectivity index (χ0v) is 13.1. The van der Waals surface area contributed by atoms with E-state index in [2.05, 4.69) is 50.4 Å². The summed E-state index contributed by atoms with van der Waals surface area (Å²) in [5.41, 5.74) is 8.34. The van der Waals surface area contributed by atoms with Gasteiger partial charge in [0.25, 0.3) is 0 Å². The number of benzene rings is 1. The van der Waals surface area contributed by atoms with E-state index in [0.717, 1.165) is 18.4 Å². The van der Waals surface area contributed by atoms with Crippen molar-refractivity contribution in [3.8, 4) is 0 Å². The molecule has 112 valence electrons. The molecule has 0 saturated heterocycles. The lowest BCUT2D eigenvalue weighted by Gasteiger charge is -2.17. The summed E-state index contributed by atoms with van der Waals surface area (Å²) in [6.07, 6.45) is 2.31. The maximum Gasteiger partial charge on any atom is 0.222 e. The molecule has 1 amide bonds. The quantitative estimate of drug-likeness (QED) is 0.800. The molecule has 20 heavy (non-hydrogen) atoms. The van der Waals surface area contributed by atoms with Gasteiger partial charge in [0.1, 0.15) is 0 Å². The standard InChI is InChI=1S/C17H28N2O/c1-5-6-16(18)11-17(20)19-13(4)15-9-7-14(8-10-15)12(2)3/h7-10,12-13,16H,5-6,11,18H2,1-4H3,(H,19,20). The van der Waals surface area contributed by atoms with Gasteiger partial charge in [-0.2, -0.15) is 0 Å². The lowest BCUT2D eigenvalue weighted by atomic mass is 9.99. The molecule has 0 aromatic heterocycles. The summed E-state index contributed by atoms with van der Waals surface area (Å²) in [5, 5.41) is 3.02. The summed E-state index contributed by atoms with van der Waals surface area (Å²) in [7, 11) is 0. The van der Waals surface area contributed by atoms with Crippen LogP contribution in [0.1, 0.15) is 70.0 Å². The molecule has 0 heterocycles. The number of hydrogen-bond donors (Lipinski definition) is 2. The Balaban J connectivity index is 2.53. The molecule has 0 fully saturated rings. The molecule has 3 N–H and O–H groups in total. The van der Waals surface area contributed by atoms with Crippen molar-refractivity contribution < 1.29 is 4.79 Å². The van der Waals surface area contributed by atoms with Gasteiger partial charge in [0.05, 0.1) is 6.04 Å². The van der Waals surface area contributed by atoms with Crippen LogP contribution in [0, 0.1) is 0 Å². The van der Waals surface area contributed by atoms with Gasteiger partial charge in [-0.05, 0) is 30.4 Å². The van der Waals surface area contributed by atoms with Crippen LogP contribution in [0.4, 0.5) is 0 Å². The van der Waals surface area contributed by atoms with Crippen molar-refractivity contribution in [2.45, 2.75) is 65.0 Å². The molecule has 2 unspecified atom stereocenters. The Labute approximate surface area is 122 Å². The fourth-order valence-electron chi connectivity index (χ4n) is 2.26. The number of carbonyl (C=O) groups excluding carboxylic acids is 1. The second-order valence-corrected chi connectivity index (χ2v) is 5.86. The molecule has 3 heteroatoms. The normalized spacial score (nSPS) is 14.1. The van der Waals surface area contributed by atoms with E-state index >= 15 is 0 Å². The Kier molecular flexibility index (Phi) is 6.73. The minimum atomic E-state index is -0.0319. The predicted octanol–water partition coefficient (Wildman–Crippen LogP) is 3.50. The summed E-state index contributed by atoms with van der Waals surface area (Å²) in [5.74, 6) is 0.562. The summed E-state index contributed by atoms with van der Waals surface area (Å²) >= 11 is 0. The van der Waals surface area contributed by atoms with E-state index in [1.54, 1.807) is 0 Å². The first-order valence-electron chi connectivity index (χ1n) is 7.58. The molecule has 1 rings (SSSR count). The van der Waals surface area contributed by atoms with E-state index in [-0.39, 0.29) is 18.0 Å². The SMILES string of the molecule is CCCC(N)CC(=O)NC(C)c1ccc(C(C)C)cc1. The third kappa shape index (κ3) is 5.33. The van der Waals surface area contributed by atoms with Crippen molar-refractivity contribution >= 4 is 5.91 Å². The highest BCUT2D eigenvalue weighted by molar-refractivity contribution is 5.77. The molecular weight excluding hydrogens is 248 g/mol. The second kappa shape index (κ2) is 8.05. The summed E-state index contributed by atoms with van der Waals surface area (Å²) in [4.78, 5) is 11.9. The largest absolute Gasteiger partial charge is 0.350 e. The molecule has 0 aliphatic heterocycles. The maximum absolute atomic E-state index is 11.9. The van der Waals surface area contributed by atoms with Gasteiger partial charge in [-0.3, -0.25) is 4.79 Å². The number of rotatable bonds is 7. The molecular formula is C17H28N2O. The molecule has 0 bridgehead atoms. The number of nitrogens with two attached hydrogens (primary N) is 1. The molecule has 0 aliphatic rings. The lowest BCUT2D eigenvalue weighted by Crippen LogP contribution is -2.33. The average Bonchev–Trinajstić information content (AvgIpc) is 2.38. The van der Waals surface area contributed by atoms with Crippen LogP contribution in [0.25, 0.3) is 0 Å². The van der Waals surface area contributed by atoms with Crippen molar-refractivity contribution in [2.24, 2.45) is 5.73 Å². The lowest BCUT2D eigenvalue weighted by molar-refractivity contribution is -0.122. The molecule has 1 aromatic carbocycles. The Morgan fingerprint density at radius 1 is 1.15 bits per heavy atom. The minimum Gasteiger partial charge on any atom is -0.350 e. The Morgan fingerprint density at radius 2 is 1.70 bits per heavy atom. The van der Waals surface area contributed by atoms with Crippen molar-refractivity contribution in [1.29, 1.82) is 0 Å². The fraction of sp³-hybridized carbons (Fsp3) is 0.588. The molecule has 0 aliphatic carbocycles. The van der Waals surface area contributed by atoms with Crippen LogP contribution < -0.4 is 11.1 Å². The topological polar surface area (TPSA) is 55.1 Å². The van der Waals surface area contributed by atoms with Gasteiger partial charge in [0.15, 0.2) is 0 Å². The highest BCUT2D eigenvalue weighted by Gasteiger charge is 2.13. The molecule has 0 radical (unpaired) electrons. The summed E-state index contributed by atoms with van der Waals surface area (Å²) in [6.45, 7) is 8.44. The molecule has 0 saturated carbocycles. The number of carbonyl (C=O) groups is 1. The number of nitrogens with one attached hydrogen (secondary N) is 1. The average molecular weight is 276 g/mol. The van der Waals surface area contributed by atoms with E-state index in [0.29, 0.717) is 12.3 Å². The molecule has 1 aromatic rings. The first kappa shape index (κ1) is 16.7. The van der Waals surface area contributed by atoms with Gasteiger partial charge in [-0.1, -0.05) is 51.5 Å². The first-order chi connectivity index (χ1) is 9.43. The summed E-state index contributed by atoms with van der Waals surface area (Å²) in [6, 6.07) is 8.43. The van der Waals surface area contributed by atoms with Crippen LogP contribution in [0.15, 0.2) is 24.3 Å². The Hall–Kier alpha value is -1.35. The van der Waals surface area contributed by atoms with Crippen molar-refractivity contribution in [1.82, 2.24) is 5.32 Å². The van der Waals surface area contributed by atoms with Crippen LogP contribution >= 0.6 is 0 Å². The highest BCUT2D eigenvalue weighted by Crippen LogP contribution is 2.18. The van der Waals surface area contributed by atoms with E-state index in [9.17, 15) is 4.79 Å². The zero-order valence-electron chi connectivity index (χ0n) is 13.1. The van der Waals surface area contributed by atoms with E-state index in [1.807, 2.05) is 6.92 Å². The van der Waals surface area contributed by atoms with Gasteiger partial charge in [0.2, 0.25) is 5.91 Å². The van der Waals surface area contributed by atoms with Gasteiger partial charge in [-0.25, -0.2) is 0 Å². The Bertz CT molecular complexity index is 412. The third-order valence-electron chi connectivity index (χ3n) is 3.59. The highest BCUT2D eigenvalue weighted by atomic mass is 16.1. The molecule has 3 nitrogen and oxygen atoms in total. The van der Waals surface area contributed by atoms with Crippen molar-refractivity contribution in [2.75, 3.05) is 0 Å². The maximum atomic E-state index is 11.9. The van der Waals surface area contributed by atoms with Gasteiger partial charge in [-0.15, -0.1) is 0 Å². The molecule has 0 spiro atoms. The van der Waals surface area contributed by atoms with E-state index in [4.69, 9.17) is 5.73 Å². The second-order valence-electron chi connectivity index (χ2n) is 5.86. The van der Waals surface area contributed by atoms with Gasteiger partial charge < -0.3 is 11.1 Å².